The molecule has 24 heavy (non-hydrogen) atoms. The Morgan fingerprint density at radius 1 is 1.29 bits per heavy atom. The zero-order valence-corrected chi connectivity index (χ0v) is 14.7. The summed E-state index contributed by atoms with van der Waals surface area (Å²) in [6, 6.07) is 0.264. The fraction of sp³-hybridized carbons (Fsp3) is 0.562. The van der Waals surface area contributed by atoms with Crippen LogP contribution in [0.2, 0.25) is 0 Å². The second-order valence-electron chi connectivity index (χ2n) is 6.56. The fourth-order valence-electron chi connectivity index (χ4n) is 3.70. The average Bonchev–Trinajstić information content (AvgIpc) is 3.22. The third-order valence-electron chi connectivity index (χ3n) is 5.11. The summed E-state index contributed by atoms with van der Waals surface area (Å²) in [5, 5.41) is 10.1. The summed E-state index contributed by atoms with van der Waals surface area (Å²) in [6.45, 7) is 1.99. The van der Waals surface area contributed by atoms with Crippen LogP contribution >= 0.6 is 11.8 Å². The molecule has 128 valence electrons. The van der Waals surface area contributed by atoms with Gasteiger partial charge < -0.3 is 5.32 Å². The lowest BCUT2D eigenvalue weighted by molar-refractivity contribution is -0.113. The third kappa shape index (κ3) is 2.40. The standard InChI is InChI=1S/C16H21N5O2S/c1-9-11(7-17-20(9)2)14-13-15(18-12(22)8-24-14)21(19-16(13)23)10-5-3-4-6-10/h7,10,14H,3-6,8H2,1-2H3,(H,18,22)(H,19,23). The first-order valence-electron chi connectivity index (χ1n) is 8.30. The minimum Gasteiger partial charge on any atom is -0.310 e. The van der Waals surface area contributed by atoms with Gasteiger partial charge in [-0.15, -0.1) is 11.8 Å². The number of anilines is 1. The second-order valence-corrected chi connectivity index (χ2v) is 7.65. The number of nitrogens with zero attached hydrogens (tertiary/aromatic N) is 3. The van der Waals surface area contributed by atoms with E-state index in [4.69, 9.17) is 0 Å². The van der Waals surface area contributed by atoms with Crippen LogP contribution in [-0.4, -0.2) is 31.2 Å². The van der Waals surface area contributed by atoms with Crippen molar-refractivity contribution in [1.82, 2.24) is 19.6 Å². The number of thioether (sulfide) groups is 1. The Morgan fingerprint density at radius 2 is 2.04 bits per heavy atom. The number of amides is 1. The van der Waals surface area contributed by atoms with E-state index in [0.717, 1.165) is 36.9 Å². The molecule has 1 unspecified atom stereocenters. The van der Waals surface area contributed by atoms with Crippen LogP contribution in [0.4, 0.5) is 5.82 Å². The Morgan fingerprint density at radius 3 is 2.71 bits per heavy atom. The van der Waals surface area contributed by atoms with E-state index >= 15 is 0 Å². The summed E-state index contributed by atoms with van der Waals surface area (Å²) in [6.07, 6.45) is 6.20. The zero-order chi connectivity index (χ0) is 16.8. The summed E-state index contributed by atoms with van der Waals surface area (Å²) in [5.74, 6) is 0.920. The van der Waals surface area contributed by atoms with Crippen molar-refractivity contribution in [3.8, 4) is 0 Å². The third-order valence-corrected chi connectivity index (χ3v) is 6.36. The van der Waals surface area contributed by atoms with Crippen LogP contribution in [0.5, 0.6) is 0 Å². The maximum atomic E-state index is 12.7. The molecule has 3 heterocycles. The van der Waals surface area contributed by atoms with Crippen molar-refractivity contribution in [2.24, 2.45) is 7.05 Å². The number of hydrogen-bond donors (Lipinski definition) is 2. The summed E-state index contributed by atoms with van der Waals surface area (Å²) in [7, 11) is 1.89. The average molecular weight is 347 g/mol. The normalized spacial score (nSPS) is 21.6. The molecule has 1 saturated carbocycles. The smallest absolute Gasteiger partial charge is 0.270 e. The molecule has 1 atom stereocenters. The van der Waals surface area contributed by atoms with Crippen molar-refractivity contribution < 1.29 is 4.79 Å². The van der Waals surface area contributed by atoms with Gasteiger partial charge in [-0.1, -0.05) is 12.8 Å². The van der Waals surface area contributed by atoms with E-state index in [9.17, 15) is 9.59 Å². The minimum absolute atomic E-state index is 0.0592. The Hall–Kier alpha value is -1.96. The molecule has 2 aliphatic rings. The van der Waals surface area contributed by atoms with E-state index in [-0.39, 0.29) is 22.8 Å². The maximum absolute atomic E-state index is 12.7. The Kier molecular flexibility index (Phi) is 3.79. The Balaban J connectivity index is 1.87. The molecule has 1 amide bonds. The largest absolute Gasteiger partial charge is 0.310 e. The molecule has 0 bridgehead atoms. The van der Waals surface area contributed by atoms with Crippen molar-refractivity contribution in [1.29, 1.82) is 0 Å². The number of fused-ring (bicyclic) bond motifs is 1. The monoisotopic (exact) mass is 347 g/mol. The van der Waals surface area contributed by atoms with Crippen LogP contribution in [-0.2, 0) is 11.8 Å². The van der Waals surface area contributed by atoms with Crippen molar-refractivity contribution >= 4 is 23.5 Å². The quantitative estimate of drug-likeness (QED) is 0.871. The lowest BCUT2D eigenvalue weighted by Gasteiger charge is -2.16. The van der Waals surface area contributed by atoms with Gasteiger partial charge in [0.2, 0.25) is 5.91 Å². The number of H-pyrrole nitrogens is 1. The van der Waals surface area contributed by atoms with Gasteiger partial charge in [0.1, 0.15) is 5.82 Å². The fourth-order valence-corrected chi connectivity index (χ4v) is 4.89. The Labute approximate surface area is 143 Å². The van der Waals surface area contributed by atoms with Gasteiger partial charge in [-0.25, -0.2) is 0 Å². The lowest BCUT2D eigenvalue weighted by Crippen LogP contribution is -2.18. The highest BCUT2D eigenvalue weighted by Gasteiger charge is 2.34. The molecule has 2 aromatic heterocycles. The van der Waals surface area contributed by atoms with Crippen LogP contribution < -0.4 is 10.9 Å². The number of nitrogens with one attached hydrogen (secondary N) is 2. The minimum atomic E-state index is -0.181. The summed E-state index contributed by atoms with van der Waals surface area (Å²) >= 11 is 1.49. The molecule has 0 saturated heterocycles. The van der Waals surface area contributed by atoms with Crippen molar-refractivity contribution in [3.63, 3.8) is 0 Å². The van der Waals surface area contributed by atoms with Crippen LogP contribution in [0, 0.1) is 6.92 Å². The second kappa shape index (κ2) is 5.84. The summed E-state index contributed by atoms with van der Waals surface area (Å²) < 4.78 is 3.70. The lowest BCUT2D eigenvalue weighted by atomic mass is 10.1. The molecule has 0 spiro atoms. The van der Waals surface area contributed by atoms with E-state index in [1.807, 2.05) is 18.7 Å². The summed E-state index contributed by atoms with van der Waals surface area (Å²) in [5.41, 5.74) is 2.55. The molecule has 7 nitrogen and oxygen atoms in total. The van der Waals surface area contributed by atoms with Gasteiger partial charge in [0.15, 0.2) is 0 Å². The van der Waals surface area contributed by atoms with Gasteiger partial charge in [-0.05, 0) is 19.8 Å². The molecule has 1 aliphatic heterocycles. The number of aryl methyl sites for hydroxylation is 1. The molecule has 1 aliphatic carbocycles. The molecule has 2 N–H and O–H groups in total. The van der Waals surface area contributed by atoms with E-state index in [0.29, 0.717) is 17.1 Å². The van der Waals surface area contributed by atoms with E-state index in [1.54, 1.807) is 10.9 Å². The molecular formula is C16H21N5O2S. The topological polar surface area (TPSA) is 84.7 Å². The SMILES string of the molecule is Cc1c(C2SCC(=O)Nc3c2c(=O)[nH]n3C2CCCC2)cnn1C. The summed E-state index contributed by atoms with van der Waals surface area (Å²) in [4.78, 5) is 24.9. The predicted octanol–water partition coefficient (Wildman–Crippen LogP) is 2.11. The molecule has 8 heteroatoms. The zero-order valence-electron chi connectivity index (χ0n) is 13.8. The van der Waals surface area contributed by atoms with Gasteiger partial charge in [-0.3, -0.25) is 24.1 Å². The highest BCUT2D eigenvalue weighted by Crippen LogP contribution is 2.42. The van der Waals surface area contributed by atoms with Crippen LogP contribution in [0.15, 0.2) is 11.0 Å². The highest BCUT2D eigenvalue weighted by molar-refractivity contribution is 8.00. The molecular weight excluding hydrogens is 326 g/mol. The van der Waals surface area contributed by atoms with E-state index in [1.165, 1.54) is 11.8 Å². The van der Waals surface area contributed by atoms with Crippen molar-refractivity contribution in [2.45, 2.75) is 43.9 Å². The number of hydrogen-bond acceptors (Lipinski definition) is 4. The number of aromatic amines is 1. The van der Waals surface area contributed by atoms with E-state index < -0.39 is 0 Å². The highest BCUT2D eigenvalue weighted by atomic mass is 32.2. The number of carbonyl (C=O) groups is 1. The first kappa shape index (κ1) is 15.6. The van der Waals surface area contributed by atoms with Crippen LogP contribution in [0.3, 0.4) is 0 Å². The molecule has 2 aromatic rings. The van der Waals surface area contributed by atoms with Crippen molar-refractivity contribution in [3.05, 3.63) is 33.4 Å². The molecule has 0 aromatic carbocycles. The first-order valence-corrected chi connectivity index (χ1v) is 9.35. The van der Waals surface area contributed by atoms with Gasteiger partial charge in [-0.2, -0.15) is 5.10 Å². The number of carbonyl (C=O) groups excluding carboxylic acids is 1. The van der Waals surface area contributed by atoms with Crippen molar-refractivity contribution in [2.75, 3.05) is 11.1 Å². The van der Waals surface area contributed by atoms with Crippen LogP contribution in [0.1, 0.15) is 53.8 Å². The molecule has 0 radical (unpaired) electrons. The Bertz CT molecular complexity index is 843. The number of rotatable bonds is 2. The number of aromatic nitrogens is 4. The maximum Gasteiger partial charge on any atom is 0.270 e. The first-order chi connectivity index (χ1) is 11.6. The van der Waals surface area contributed by atoms with Gasteiger partial charge in [0.05, 0.1) is 28.8 Å². The van der Waals surface area contributed by atoms with Gasteiger partial charge >= 0.3 is 0 Å². The van der Waals surface area contributed by atoms with E-state index in [2.05, 4.69) is 15.5 Å². The van der Waals surface area contributed by atoms with Gasteiger partial charge in [0, 0.05) is 18.3 Å². The molecule has 4 rings (SSSR count). The van der Waals surface area contributed by atoms with Gasteiger partial charge in [0.25, 0.3) is 5.56 Å². The molecule has 1 fully saturated rings. The van der Waals surface area contributed by atoms with Crippen LogP contribution in [0.25, 0.3) is 0 Å². The predicted molar refractivity (Wildman–Crippen MR) is 93.4 cm³/mol.